The lowest BCUT2D eigenvalue weighted by Crippen LogP contribution is -2.35. The topological polar surface area (TPSA) is 29.1 Å². The zero-order valence-corrected chi connectivity index (χ0v) is 11.9. The number of rotatable bonds is 4. The van der Waals surface area contributed by atoms with Crippen molar-refractivity contribution in [2.45, 2.75) is 24.8 Å². The minimum atomic E-state index is -0.170. The van der Waals surface area contributed by atoms with E-state index in [1.54, 1.807) is 0 Å². The van der Waals surface area contributed by atoms with Crippen molar-refractivity contribution in [3.8, 4) is 0 Å². The molecule has 1 N–H and O–H groups in total. The molecule has 0 atom stereocenters. The average Bonchev–Trinajstić information content (AvgIpc) is 3.21. The first-order valence-electron chi connectivity index (χ1n) is 6.79. The summed E-state index contributed by atoms with van der Waals surface area (Å²) in [6.07, 6.45) is 2.42. The van der Waals surface area contributed by atoms with Crippen molar-refractivity contribution in [1.82, 2.24) is 5.32 Å². The number of hydrogen-bond acceptors (Lipinski definition) is 1. The van der Waals surface area contributed by atoms with Gasteiger partial charge in [-0.1, -0.05) is 54.1 Å². The van der Waals surface area contributed by atoms with E-state index in [2.05, 4.69) is 5.32 Å². The van der Waals surface area contributed by atoms with Crippen LogP contribution in [-0.4, -0.2) is 5.91 Å². The maximum absolute atomic E-state index is 12.2. The van der Waals surface area contributed by atoms with Gasteiger partial charge in [-0.05, 0) is 36.1 Å². The Labute approximate surface area is 123 Å². The smallest absolute Gasteiger partial charge is 0.225 e. The summed E-state index contributed by atoms with van der Waals surface area (Å²) >= 11 is 5.91. The van der Waals surface area contributed by atoms with E-state index < -0.39 is 0 Å². The van der Waals surface area contributed by atoms with Crippen LogP contribution in [0.3, 0.4) is 0 Å². The standard InChI is InChI=1S/C17H16ClNO/c18-15-8-6-14(7-9-15)17(10-11-17)19-16(20)12-13-4-2-1-3-5-13/h1-9H,10-12H2,(H,19,20). The van der Waals surface area contributed by atoms with Gasteiger partial charge in [0, 0.05) is 5.02 Å². The van der Waals surface area contributed by atoms with Crippen LogP contribution in [0.15, 0.2) is 54.6 Å². The fourth-order valence-corrected chi connectivity index (χ4v) is 2.60. The van der Waals surface area contributed by atoms with E-state index in [1.165, 1.54) is 0 Å². The highest BCUT2D eigenvalue weighted by Crippen LogP contribution is 2.45. The third-order valence-electron chi connectivity index (χ3n) is 3.73. The van der Waals surface area contributed by atoms with Crippen molar-refractivity contribution < 1.29 is 4.79 Å². The van der Waals surface area contributed by atoms with Gasteiger partial charge in [-0.25, -0.2) is 0 Å². The van der Waals surface area contributed by atoms with E-state index in [1.807, 2.05) is 54.6 Å². The van der Waals surface area contributed by atoms with Crippen LogP contribution in [0, 0.1) is 0 Å². The highest BCUT2D eigenvalue weighted by Gasteiger charge is 2.45. The molecule has 3 heteroatoms. The second kappa shape index (κ2) is 5.29. The minimum Gasteiger partial charge on any atom is -0.346 e. The van der Waals surface area contributed by atoms with Crippen molar-refractivity contribution in [2.24, 2.45) is 0 Å². The summed E-state index contributed by atoms with van der Waals surface area (Å²) in [5.41, 5.74) is 2.01. The van der Waals surface area contributed by atoms with Gasteiger partial charge >= 0.3 is 0 Å². The van der Waals surface area contributed by atoms with Crippen molar-refractivity contribution >= 4 is 17.5 Å². The number of amides is 1. The highest BCUT2D eigenvalue weighted by atomic mass is 35.5. The number of nitrogens with one attached hydrogen (secondary N) is 1. The van der Waals surface area contributed by atoms with Gasteiger partial charge in [-0.3, -0.25) is 4.79 Å². The molecule has 2 nitrogen and oxygen atoms in total. The van der Waals surface area contributed by atoms with E-state index in [0.717, 1.165) is 29.0 Å². The number of halogens is 1. The largest absolute Gasteiger partial charge is 0.346 e. The average molecular weight is 286 g/mol. The molecule has 0 bridgehead atoms. The summed E-state index contributed by atoms with van der Waals surface area (Å²) in [4.78, 5) is 12.2. The molecule has 2 aromatic rings. The van der Waals surface area contributed by atoms with E-state index in [9.17, 15) is 4.79 Å². The monoisotopic (exact) mass is 285 g/mol. The van der Waals surface area contributed by atoms with Crippen molar-refractivity contribution in [3.63, 3.8) is 0 Å². The minimum absolute atomic E-state index is 0.0728. The van der Waals surface area contributed by atoms with E-state index >= 15 is 0 Å². The van der Waals surface area contributed by atoms with Gasteiger partial charge in [0.05, 0.1) is 12.0 Å². The molecule has 20 heavy (non-hydrogen) atoms. The van der Waals surface area contributed by atoms with Gasteiger partial charge in [-0.15, -0.1) is 0 Å². The van der Waals surface area contributed by atoms with Crippen molar-refractivity contribution in [3.05, 3.63) is 70.7 Å². The normalized spacial score (nSPS) is 15.7. The Hall–Kier alpha value is -1.80. The molecule has 1 amide bonds. The molecular weight excluding hydrogens is 270 g/mol. The lowest BCUT2D eigenvalue weighted by molar-refractivity contribution is -0.121. The summed E-state index contributed by atoms with van der Waals surface area (Å²) in [5.74, 6) is 0.0728. The molecule has 2 aromatic carbocycles. The highest BCUT2D eigenvalue weighted by molar-refractivity contribution is 6.30. The summed E-state index contributed by atoms with van der Waals surface area (Å²) in [7, 11) is 0. The molecule has 1 aliphatic rings. The van der Waals surface area contributed by atoms with Crippen LogP contribution in [0.2, 0.25) is 5.02 Å². The predicted molar refractivity (Wildman–Crippen MR) is 80.7 cm³/mol. The quantitative estimate of drug-likeness (QED) is 0.912. The Morgan fingerprint density at radius 3 is 2.30 bits per heavy atom. The predicted octanol–water partition coefficient (Wildman–Crippen LogP) is 3.69. The number of carbonyl (C=O) groups is 1. The molecule has 1 aliphatic carbocycles. The summed E-state index contributed by atoms with van der Waals surface area (Å²) in [6, 6.07) is 17.6. The number of hydrogen-bond donors (Lipinski definition) is 1. The first-order valence-corrected chi connectivity index (χ1v) is 7.17. The van der Waals surface area contributed by atoms with Crippen LogP contribution in [0.25, 0.3) is 0 Å². The number of carbonyl (C=O) groups excluding carboxylic acids is 1. The molecule has 3 rings (SSSR count). The Balaban J connectivity index is 1.68. The third-order valence-corrected chi connectivity index (χ3v) is 3.98. The zero-order valence-electron chi connectivity index (χ0n) is 11.1. The van der Waals surface area contributed by atoms with Crippen LogP contribution >= 0.6 is 11.6 Å². The van der Waals surface area contributed by atoms with Crippen LogP contribution in [-0.2, 0) is 16.8 Å². The van der Waals surface area contributed by atoms with Gasteiger partial charge in [0.1, 0.15) is 0 Å². The van der Waals surface area contributed by atoms with Crippen molar-refractivity contribution in [1.29, 1.82) is 0 Å². The van der Waals surface area contributed by atoms with Crippen LogP contribution < -0.4 is 5.32 Å². The molecule has 1 saturated carbocycles. The molecule has 0 aliphatic heterocycles. The van der Waals surface area contributed by atoms with E-state index in [0.29, 0.717) is 6.42 Å². The molecule has 0 unspecified atom stereocenters. The third kappa shape index (κ3) is 2.86. The van der Waals surface area contributed by atoms with Gasteiger partial charge in [0.15, 0.2) is 0 Å². The van der Waals surface area contributed by atoms with Crippen LogP contribution in [0.4, 0.5) is 0 Å². The zero-order chi connectivity index (χ0) is 14.0. The van der Waals surface area contributed by atoms with Gasteiger partial charge in [0.2, 0.25) is 5.91 Å². The fourth-order valence-electron chi connectivity index (χ4n) is 2.47. The van der Waals surface area contributed by atoms with E-state index in [-0.39, 0.29) is 11.4 Å². The van der Waals surface area contributed by atoms with Crippen molar-refractivity contribution in [2.75, 3.05) is 0 Å². The summed E-state index contributed by atoms with van der Waals surface area (Å²) in [5, 5.41) is 3.89. The molecule has 0 aromatic heterocycles. The maximum Gasteiger partial charge on any atom is 0.225 e. The molecule has 102 valence electrons. The molecule has 1 fully saturated rings. The molecule has 0 spiro atoms. The Bertz CT molecular complexity index is 603. The molecule has 0 radical (unpaired) electrons. The lowest BCUT2D eigenvalue weighted by atomic mass is 10.0. The lowest BCUT2D eigenvalue weighted by Gasteiger charge is -2.18. The SMILES string of the molecule is O=C(Cc1ccccc1)NC1(c2ccc(Cl)cc2)CC1. The number of benzene rings is 2. The second-order valence-corrected chi connectivity index (χ2v) is 5.74. The van der Waals surface area contributed by atoms with Gasteiger partial charge in [0.25, 0.3) is 0 Å². The summed E-state index contributed by atoms with van der Waals surface area (Å²) < 4.78 is 0. The fraction of sp³-hybridized carbons (Fsp3) is 0.235. The Kier molecular flexibility index (Phi) is 3.49. The van der Waals surface area contributed by atoms with E-state index in [4.69, 9.17) is 11.6 Å². The molecule has 0 heterocycles. The molecule has 0 saturated heterocycles. The first-order chi connectivity index (χ1) is 9.68. The Morgan fingerprint density at radius 1 is 1.05 bits per heavy atom. The van der Waals surface area contributed by atoms with Gasteiger partial charge in [-0.2, -0.15) is 0 Å². The summed E-state index contributed by atoms with van der Waals surface area (Å²) in [6.45, 7) is 0. The van der Waals surface area contributed by atoms with Gasteiger partial charge < -0.3 is 5.32 Å². The molecular formula is C17H16ClNO. The van der Waals surface area contributed by atoms with Crippen LogP contribution in [0.5, 0.6) is 0 Å². The van der Waals surface area contributed by atoms with Crippen LogP contribution in [0.1, 0.15) is 24.0 Å². The Morgan fingerprint density at radius 2 is 1.70 bits per heavy atom. The second-order valence-electron chi connectivity index (χ2n) is 5.30. The first kappa shape index (κ1) is 13.2. The maximum atomic E-state index is 12.2.